The summed E-state index contributed by atoms with van der Waals surface area (Å²) in [5.41, 5.74) is 0. The van der Waals surface area contributed by atoms with Gasteiger partial charge >= 0.3 is 11.8 Å². The lowest BCUT2D eigenvalue weighted by Gasteiger charge is -2.34. The highest BCUT2D eigenvalue weighted by molar-refractivity contribution is 6.35. The van der Waals surface area contributed by atoms with Crippen LogP contribution in [0, 0.1) is 0 Å². The van der Waals surface area contributed by atoms with Gasteiger partial charge in [0.1, 0.15) is 0 Å². The number of rotatable bonds is 4. The third-order valence-corrected chi connectivity index (χ3v) is 3.60. The Morgan fingerprint density at radius 2 is 2.11 bits per heavy atom. The molecule has 18 heavy (non-hydrogen) atoms. The van der Waals surface area contributed by atoms with E-state index in [0.29, 0.717) is 13.0 Å². The third-order valence-electron chi connectivity index (χ3n) is 3.60. The second kappa shape index (κ2) is 7.36. The van der Waals surface area contributed by atoms with Crippen LogP contribution in [0.4, 0.5) is 0 Å². The lowest BCUT2D eigenvalue weighted by Crippen LogP contribution is -2.52. The van der Waals surface area contributed by atoms with E-state index in [1.807, 2.05) is 13.8 Å². The van der Waals surface area contributed by atoms with Gasteiger partial charge in [0.2, 0.25) is 0 Å². The summed E-state index contributed by atoms with van der Waals surface area (Å²) < 4.78 is 0. The standard InChI is InChI=1S/C13H24N2O3/c1-3-10(9-16)14-12(17)13(18)15-8-6-5-7-11(15)4-2/h10-11,16H,3-9H2,1-2H3,(H,14,17). The first-order valence-corrected chi connectivity index (χ1v) is 6.86. The Hall–Kier alpha value is -1.10. The van der Waals surface area contributed by atoms with E-state index in [-0.39, 0.29) is 18.7 Å². The number of likely N-dealkylation sites (tertiary alicyclic amines) is 1. The van der Waals surface area contributed by atoms with Crippen LogP contribution in [-0.4, -0.2) is 47.1 Å². The summed E-state index contributed by atoms with van der Waals surface area (Å²) in [6.07, 6.45) is 4.57. The topological polar surface area (TPSA) is 69.6 Å². The summed E-state index contributed by atoms with van der Waals surface area (Å²) >= 11 is 0. The molecule has 0 radical (unpaired) electrons. The molecule has 5 nitrogen and oxygen atoms in total. The van der Waals surface area contributed by atoms with Crippen LogP contribution < -0.4 is 5.32 Å². The average molecular weight is 256 g/mol. The first kappa shape index (κ1) is 15.0. The Morgan fingerprint density at radius 3 is 2.67 bits per heavy atom. The van der Waals surface area contributed by atoms with E-state index < -0.39 is 11.8 Å². The molecule has 5 heteroatoms. The van der Waals surface area contributed by atoms with Crippen LogP contribution in [0.5, 0.6) is 0 Å². The van der Waals surface area contributed by atoms with Crippen molar-refractivity contribution in [1.82, 2.24) is 10.2 Å². The maximum atomic E-state index is 12.1. The first-order valence-electron chi connectivity index (χ1n) is 6.86. The number of aliphatic hydroxyl groups is 1. The molecule has 1 rings (SSSR count). The van der Waals surface area contributed by atoms with Gasteiger partial charge in [0.15, 0.2) is 0 Å². The molecule has 1 fully saturated rings. The van der Waals surface area contributed by atoms with Gasteiger partial charge in [-0.05, 0) is 32.1 Å². The molecule has 0 bridgehead atoms. The van der Waals surface area contributed by atoms with Crippen molar-refractivity contribution in [3.05, 3.63) is 0 Å². The summed E-state index contributed by atoms with van der Waals surface area (Å²) in [6, 6.07) is -0.141. The second-order valence-corrected chi connectivity index (χ2v) is 4.82. The number of hydrogen-bond acceptors (Lipinski definition) is 3. The number of amides is 2. The van der Waals surface area contributed by atoms with Crippen molar-refractivity contribution in [1.29, 1.82) is 0 Å². The number of nitrogens with one attached hydrogen (secondary N) is 1. The fraction of sp³-hybridized carbons (Fsp3) is 0.846. The van der Waals surface area contributed by atoms with Gasteiger partial charge in [0.25, 0.3) is 0 Å². The molecule has 2 N–H and O–H groups in total. The number of hydrogen-bond donors (Lipinski definition) is 2. The van der Waals surface area contributed by atoms with E-state index in [9.17, 15) is 9.59 Å². The summed E-state index contributed by atoms with van der Waals surface area (Å²) in [6.45, 7) is 4.44. The molecule has 2 amide bonds. The molecule has 0 aromatic rings. The fourth-order valence-electron chi connectivity index (χ4n) is 2.35. The zero-order valence-electron chi connectivity index (χ0n) is 11.3. The van der Waals surface area contributed by atoms with E-state index in [1.54, 1.807) is 4.90 Å². The SMILES string of the molecule is CCC(CO)NC(=O)C(=O)N1CCCCC1CC. The van der Waals surface area contributed by atoms with Gasteiger partial charge in [-0.2, -0.15) is 0 Å². The van der Waals surface area contributed by atoms with Gasteiger partial charge in [0.05, 0.1) is 12.6 Å². The molecule has 104 valence electrons. The van der Waals surface area contributed by atoms with E-state index in [4.69, 9.17) is 5.11 Å². The molecule has 0 spiro atoms. The molecule has 1 aliphatic heterocycles. The molecule has 0 saturated carbocycles. The van der Waals surface area contributed by atoms with Crippen molar-refractivity contribution in [3.63, 3.8) is 0 Å². The largest absolute Gasteiger partial charge is 0.394 e. The van der Waals surface area contributed by atoms with Crippen molar-refractivity contribution in [2.24, 2.45) is 0 Å². The third kappa shape index (κ3) is 3.70. The van der Waals surface area contributed by atoms with Gasteiger partial charge in [-0.25, -0.2) is 0 Å². The average Bonchev–Trinajstić information content (AvgIpc) is 2.43. The van der Waals surface area contributed by atoms with E-state index >= 15 is 0 Å². The van der Waals surface area contributed by atoms with E-state index in [2.05, 4.69) is 5.32 Å². The van der Waals surface area contributed by atoms with Gasteiger partial charge in [-0.15, -0.1) is 0 Å². The molecule has 2 unspecified atom stereocenters. The Balaban J connectivity index is 2.58. The van der Waals surface area contributed by atoms with Gasteiger partial charge in [-0.3, -0.25) is 9.59 Å². The summed E-state index contributed by atoms with van der Waals surface area (Å²) in [5.74, 6) is -1.04. The Labute approximate surface area is 109 Å². The summed E-state index contributed by atoms with van der Waals surface area (Å²) in [7, 11) is 0. The smallest absolute Gasteiger partial charge is 0.312 e. The normalized spacial score (nSPS) is 21.5. The quantitative estimate of drug-likeness (QED) is 0.726. The molecule has 0 aromatic heterocycles. The molecule has 0 aliphatic carbocycles. The summed E-state index contributed by atoms with van der Waals surface area (Å²) in [5, 5.41) is 11.6. The first-order chi connectivity index (χ1) is 8.63. The zero-order chi connectivity index (χ0) is 13.5. The minimum Gasteiger partial charge on any atom is -0.394 e. The lowest BCUT2D eigenvalue weighted by molar-refractivity contribution is -0.148. The van der Waals surface area contributed by atoms with Crippen LogP contribution in [0.1, 0.15) is 46.0 Å². The fourth-order valence-corrected chi connectivity index (χ4v) is 2.35. The van der Waals surface area contributed by atoms with Crippen LogP contribution in [0.15, 0.2) is 0 Å². The number of nitrogens with zero attached hydrogens (tertiary/aromatic N) is 1. The van der Waals surface area contributed by atoms with Gasteiger partial charge in [0, 0.05) is 12.6 Å². The molecule has 2 atom stereocenters. The van der Waals surface area contributed by atoms with Crippen molar-refractivity contribution in [3.8, 4) is 0 Å². The van der Waals surface area contributed by atoms with Gasteiger partial charge in [-0.1, -0.05) is 13.8 Å². The molecule has 0 aromatic carbocycles. The Morgan fingerprint density at radius 1 is 1.39 bits per heavy atom. The lowest BCUT2D eigenvalue weighted by atomic mass is 10.00. The number of aliphatic hydroxyl groups excluding tert-OH is 1. The highest BCUT2D eigenvalue weighted by Crippen LogP contribution is 2.19. The van der Waals surface area contributed by atoms with Crippen LogP contribution in [0.25, 0.3) is 0 Å². The highest BCUT2D eigenvalue weighted by Gasteiger charge is 2.30. The van der Waals surface area contributed by atoms with Crippen LogP contribution >= 0.6 is 0 Å². The second-order valence-electron chi connectivity index (χ2n) is 4.82. The highest BCUT2D eigenvalue weighted by atomic mass is 16.3. The van der Waals surface area contributed by atoms with Crippen molar-refractivity contribution >= 4 is 11.8 Å². The number of carbonyl (C=O) groups is 2. The monoisotopic (exact) mass is 256 g/mol. The molecular formula is C13H24N2O3. The van der Waals surface area contributed by atoms with Gasteiger partial charge < -0.3 is 15.3 Å². The van der Waals surface area contributed by atoms with Crippen molar-refractivity contribution < 1.29 is 14.7 Å². The number of carbonyl (C=O) groups excluding carboxylic acids is 2. The van der Waals surface area contributed by atoms with Crippen LogP contribution in [-0.2, 0) is 9.59 Å². The minimum atomic E-state index is -0.587. The van der Waals surface area contributed by atoms with Crippen LogP contribution in [0.2, 0.25) is 0 Å². The van der Waals surface area contributed by atoms with E-state index in [0.717, 1.165) is 25.7 Å². The molecule has 1 heterocycles. The predicted molar refractivity (Wildman–Crippen MR) is 69.0 cm³/mol. The Bertz CT molecular complexity index is 290. The zero-order valence-corrected chi connectivity index (χ0v) is 11.3. The number of piperidine rings is 1. The molecule has 1 saturated heterocycles. The van der Waals surface area contributed by atoms with E-state index in [1.165, 1.54) is 0 Å². The minimum absolute atomic E-state index is 0.132. The van der Waals surface area contributed by atoms with Crippen molar-refractivity contribution in [2.45, 2.75) is 58.0 Å². The molecular weight excluding hydrogens is 232 g/mol. The van der Waals surface area contributed by atoms with Crippen molar-refractivity contribution in [2.75, 3.05) is 13.2 Å². The summed E-state index contributed by atoms with van der Waals surface area (Å²) in [4.78, 5) is 25.6. The maximum Gasteiger partial charge on any atom is 0.312 e. The van der Waals surface area contributed by atoms with Crippen LogP contribution in [0.3, 0.4) is 0 Å². The maximum absolute atomic E-state index is 12.1. The molecule has 1 aliphatic rings. The predicted octanol–water partition coefficient (Wildman–Crippen LogP) is 0.665. The Kier molecular flexibility index (Phi) is 6.12.